The lowest BCUT2D eigenvalue weighted by molar-refractivity contribution is -0.131. The van der Waals surface area contributed by atoms with Crippen LogP contribution in [0.1, 0.15) is 42.4 Å². The molecule has 4 saturated carbocycles. The van der Waals surface area contributed by atoms with Crippen LogP contribution in [0.2, 0.25) is 0 Å². The molecule has 5 atom stereocenters. The Morgan fingerprint density at radius 1 is 1.07 bits per heavy atom. The summed E-state index contributed by atoms with van der Waals surface area (Å²) < 4.78 is 15.3. The van der Waals surface area contributed by atoms with Gasteiger partial charge in [-0.05, 0) is 95.7 Å². The molecule has 0 aromatic heterocycles. The molecule has 3 nitrogen and oxygen atoms in total. The Labute approximate surface area is 174 Å². The minimum atomic E-state index is -1.05. The fourth-order valence-electron chi connectivity index (χ4n) is 7.30. The van der Waals surface area contributed by atoms with Gasteiger partial charge in [0.05, 0.1) is 0 Å². The summed E-state index contributed by atoms with van der Waals surface area (Å²) in [5.41, 5.74) is 4.92. The second-order valence-corrected chi connectivity index (χ2v) is 9.48. The average molecular weight is 402 g/mol. The summed E-state index contributed by atoms with van der Waals surface area (Å²) >= 11 is 0. The van der Waals surface area contributed by atoms with Crippen LogP contribution in [0.3, 0.4) is 0 Å². The molecule has 2 aromatic carbocycles. The maximum absolute atomic E-state index is 15.3. The first-order chi connectivity index (χ1) is 14.5. The third-order valence-corrected chi connectivity index (χ3v) is 8.28. The van der Waals surface area contributed by atoms with Crippen molar-refractivity contribution < 1.29 is 19.4 Å². The number of carboxylic acids is 1. The van der Waals surface area contributed by atoms with Gasteiger partial charge in [0.15, 0.2) is 0 Å². The molecule has 5 unspecified atom stereocenters. The van der Waals surface area contributed by atoms with E-state index >= 15 is 4.39 Å². The summed E-state index contributed by atoms with van der Waals surface area (Å²) in [5.74, 6) is 1.64. The van der Waals surface area contributed by atoms with Crippen molar-refractivity contribution >= 4 is 17.6 Å². The lowest BCUT2D eigenvalue weighted by atomic mass is 9.35. The monoisotopic (exact) mass is 402 g/mol. The summed E-state index contributed by atoms with van der Waals surface area (Å²) in [4.78, 5) is 10.8. The van der Waals surface area contributed by atoms with Gasteiger partial charge < -0.3 is 10.2 Å². The lowest BCUT2D eigenvalue weighted by Gasteiger charge is -2.68. The largest absolute Gasteiger partial charge is 0.508 e. The van der Waals surface area contributed by atoms with Crippen molar-refractivity contribution in [3.63, 3.8) is 0 Å². The van der Waals surface area contributed by atoms with Gasteiger partial charge in [-0.1, -0.05) is 29.8 Å². The van der Waals surface area contributed by atoms with E-state index in [9.17, 15) is 9.90 Å². The summed E-state index contributed by atoms with van der Waals surface area (Å²) in [6, 6.07) is 12.0. The highest BCUT2D eigenvalue weighted by atomic mass is 19.1. The minimum absolute atomic E-state index is 0.200. The number of hydrogen-bond acceptors (Lipinski definition) is 2. The Morgan fingerprint density at radius 2 is 1.83 bits per heavy atom. The first kappa shape index (κ1) is 17.9. The Kier molecular flexibility index (Phi) is 3.63. The van der Waals surface area contributed by atoms with Gasteiger partial charge in [0, 0.05) is 11.6 Å². The quantitative estimate of drug-likeness (QED) is 0.664. The SMILES string of the molecule is O=C(O)/C=C/c1ccc(/C(=C2\C3CC4CC5CC2C53C4)c2ccc(O)cc2)c(F)c1. The third kappa shape index (κ3) is 2.28. The molecule has 4 fully saturated rings. The molecule has 0 heterocycles. The number of fused-ring (bicyclic) bond motifs is 1. The second kappa shape index (κ2) is 6.07. The van der Waals surface area contributed by atoms with Crippen LogP contribution in [0, 0.1) is 34.9 Å². The molecule has 0 saturated heterocycles. The van der Waals surface area contributed by atoms with Crippen LogP contribution in [-0.2, 0) is 4.79 Å². The Hall–Kier alpha value is -2.88. The molecule has 2 bridgehead atoms. The molecule has 2 aromatic rings. The van der Waals surface area contributed by atoms with E-state index in [-0.39, 0.29) is 11.6 Å². The molecule has 4 heteroatoms. The van der Waals surface area contributed by atoms with Crippen molar-refractivity contribution in [3.05, 3.63) is 76.6 Å². The molecule has 6 rings (SSSR count). The zero-order valence-corrected chi connectivity index (χ0v) is 16.5. The third-order valence-electron chi connectivity index (χ3n) is 8.28. The first-order valence-corrected chi connectivity index (χ1v) is 10.7. The maximum atomic E-state index is 15.3. The van der Waals surface area contributed by atoms with E-state index in [2.05, 4.69) is 0 Å². The second-order valence-electron chi connectivity index (χ2n) is 9.48. The molecule has 30 heavy (non-hydrogen) atoms. The molecule has 0 radical (unpaired) electrons. The van der Waals surface area contributed by atoms with E-state index in [0.29, 0.717) is 28.4 Å². The van der Waals surface area contributed by atoms with Crippen molar-refractivity contribution in [1.29, 1.82) is 0 Å². The zero-order valence-electron chi connectivity index (χ0n) is 16.5. The van der Waals surface area contributed by atoms with Crippen molar-refractivity contribution in [2.24, 2.45) is 29.1 Å². The molecule has 4 aliphatic rings. The van der Waals surface area contributed by atoms with Crippen molar-refractivity contribution in [1.82, 2.24) is 0 Å². The number of hydrogen-bond donors (Lipinski definition) is 2. The maximum Gasteiger partial charge on any atom is 0.328 e. The summed E-state index contributed by atoms with van der Waals surface area (Å²) in [6.45, 7) is 0. The van der Waals surface area contributed by atoms with Gasteiger partial charge in [-0.3, -0.25) is 0 Å². The number of benzene rings is 2. The van der Waals surface area contributed by atoms with Gasteiger partial charge in [0.1, 0.15) is 11.6 Å². The van der Waals surface area contributed by atoms with Crippen LogP contribution in [0.4, 0.5) is 4.39 Å². The number of allylic oxidation sites excluding steroid dienone is 1. The van der Waals surface area contributed by atoms with Crippen LogP contribution in [0.15, 0.2) is 54.1 Å². The highest BCUT2D eigenvalue weighted by Gasteiger charge is 2.76. The molecule has 2 N–H and O–H groups in total. The molecular formula is C26H23FO3. The normalized spacial score (nSPS) is 34.4. The summed E-state index contributed by atoms with van der Waals surface area (Å²) in [7, 11) is 0. The lowest BCUT2D eigenvalue weighted by Crippen LogP contribution is -2.61. The molecular weight excluding hydrogens is 379 g/mol. The topological polar surface area (TPSA) is 57.5 Å². The van der Waals surface area contributed by atoms with Gasteiger partial charge in [-0.15, -0.1) is 0 Å². The Balaban J connectivity index is 1.48. The predicted molar refractivity (Wildman–Crippen MR) is 112 cm³/mol. The van der Waals surface area contributed by atoms with E-state index in [1.54, 1.807) is 24.3 Å². The minimum Gasteiger partial charge on any atom is -0.508 e. The van der Waals surface area contributed by atoms with Crippen molar-refractivity contribution in [3.8, 4) is 5.75 Å². The van der Waals surface area contributed by atoms with Crippen LogP contribution < -0.4 is 0 Å². The van der Waals surface area contributed by atoms with Crippen molar-refractivity contribution in [2.45, 2.75) is 25.7 Å². The Morgan fingerprint density at radius 3 is 2.53 bits per heavy atom. The number of aliphatic carboxylic acids is 1. The van der Waals surface area contributed by atoms with E-state index in [0.717, 1.165) is 29.0 Å². The van der Waals surface area contributed by atoms with E-state index in [1.165, 1.54) is 43.4 Å². The number of carbonyl (C=O) groups is 1. The van der Waals surface area contributed by atoms with Gasteiger partial charge in [0.25, 0.3) is 0 Å². The zero-order chi connectivity index (χ0) is 20.6. The highest BCUT2D eigenvalue weighted by molar-refractivity contribution is 5.87. The molecule has 4 aliphatic carbocycles. The molecule has 1 spiro atoms. The average Bonchev–Trinajstić information content (AvgIpc) is 3.23. The first-order valence-electron chi connectivity index (χ1n) is 10.7. The predicted octanol–water partition coefficient (Wildman–Crippen LogP) is 5.50. The van der Waals surface area contributed by atoms with Gasteiger partial charge in [-0.2, -0.15) is 0 Å². The van der Waals surface area contributed by atoms with E-state index < -0.39 is 5.97 Å². The summed E-state index contributed by atoms with van der Waals surface area (Å²) in [5, 5.41) is 18.6. The molecule has 152 valence electrons. The smallest absolute Gasteiger partial charge is 0.328 e. The number of carboxylic acid groups (broad SMARTS) is 1. The van der Waals surface area contributed by atoms with Crippen LogP contribution in [0.5, 0.6) is 5.75 Å². The summed E-state index contributed by atoms with van der Waals surface area (Å²) in [6.07, 6.45) is 7.62. The molecule has 0 aliphatic heterocycles. The van der Waals surface area contributed by atoms with Gasteiger partial charge >= 0.3 is 5.97 Å². The fourth-order valence-corrected chi connectivity index (χ4v) is 7.30. The van der Waals surface area contributed by atoms with E-state index in [4.69, 9.17) is 5.11 Å². The highest BCUT2D eigenvalue weighted by Crippen LogP contribution is 2.84. The van der Waals surface area contributed by atoms with Crippen LogP contribution in [0.25, 0.3) is 11.6 Å². The Bertz CT molecular complexity index is 1130. The van der Waals surface area contributed by atoms with Gasteiger partial charge in [0.2, 0.25) is 0 Å². The van der Waals surface area contributed by atoms with Crippen molar-refractivity contribution in [2.75, 3.05) is 0 Å². The number of rotatable bonds is 4. The van der Waals surface area contributed by atoms with Crippen LogP contribution in [-0.4, -0.2) is 16.2 Å². The number of phenols is 1. The fraction of sp³-hybridized carbons (Fsp3) is 0.346. The number of aromatic hydroxyl groups is 1. The van der Waals surface area contributed by atoms with Gasteiger partial charge in [-0.25, -0.2) is 9.18 Å². The van der Waals surface area contributed by atoms with Crippen LogP contribution >= 0.6 is 0 Å². The number of phenolic OH excluding ortho intramolecular Hbond substituents is 1. The standard InChI is InChI=1S/C26H23FO3/c27-22-11-14(2-8-23(29)30)1-7-19(22)24(16-3-5-18(28)6-4-16)25-20-10-15-9-17-12-21(25)26(17,20)13-15/h1-8,11,15,17,20-21,28H,9-10,12-13H2,(H,29,30)/b8-2+,25-24+. The molecule has 0 amide bonds. The number of halogens is 1. The van der Waals surface area contributed by atoms with E-state index in [1.807, 2.05) is 12.1 Å².